The van der Waals surface area contributed by atoms with Crippen molar-refractivity contribution in [3.63, 3.8) is 0 Å². The fraction of sp³-hybridized carbons (Fsp3) is 0.933. The summed E-state index contributed by atoms with van der Waals surface area (Å²) in [4.78, 5) is 16.6. The number of carbonyl (C=O) groups is 1. The lowest BCUT2D eigenvalue weighted by Crippen LogP contribution is -2.47. The lowest BCUT2D eigenvalue weighted by Gasteiger charge is -2.39. The molecule has 0 aromatic heterocycles. The second kappa shape index (κ2) is 6.71. The molecule has 2 saturated heterocycles. The summed E-state index contributed by atoms with van der Waals surface area (Å²) in [6, 6.07) is 0. The Labute approximate surface area is 117 Å². The zero-order valence-electron chi connectivity index (χ0n) is 12.6. The molecule has 0 spiro atoms. The van der Waals surface area contributed by atoms with Crippen LogP contribution in [0, 0.1) is 5.41 Å². The van der Waals surface area contributed by atoms with Crippen molar-refractivity contribution in [2.24, 2.45) is 5.41 Å². The first-order valence-electron chi connectivity index (χ1n) is 7.84. The minimum atomic E-state index is 0.338. The van der Waals surface area contributed by atoms with Crippen LogP contribution in [0.15, 0.2) is 0 Å². The number of likely N-dealkylation sites (tertiary alicyclic amines) is 1. The van der Waals surface area contributed by atoms with Gasteiger partial charge in [-0.25, -0.2) is 0 Å². The summed E-state index contributed by atoms with van der Waals surface area (Å²) in [6.07, 6.45) is 4.54. The van der Waals surface area contributed by atoms with Gasteiger partial charge in [0.15, 0.2) is 0 Å². The molecule has 2 heterocycles. The van der Waals surface area contributed by atoms with Gasteiger partial charge in [-0.1, -0.05) is 20.3 Å². The maximum Gasteiger partial charge on any atom is 0.223 e. The summed E-state index contributed by atoms with van der Waals surface area (Å²) < 4.78 is 0. The van der Waals surface area contributed by atoms with E-state index in [9.17, 15) is 4.79 Å². The van der Waals surface area contributed by atoms with Crippen LogP contribution in [0.5, 0.6) is 0 Å². The standard InChI is InChI=1S/C15H29N3O/c1-3-15(2)5-10-17(11-6-15)9-4-14(19)18-12-7-16-8-13-18/h16H,3-13H2,1-2H3. The summed E-state index contributed by atoms with van der Waals surface area (Å²) in [5, 5.41) is 3.29. The van der Waals surface area contributed by atoms with Crippen molar-refractivity contribution < 1.29 is 4.79 Å². The predicted molar refractivity (Wildman–Crippen MR) is 78.1 cm³/mol. The molecule has 0 aromatic rings. The summed E-state index contributed by atoms with van der Waals surface area (Å²) in [6.45, 7) is 11.6. The van der Waals surface area contributed by atoms with E-state index in [1.165, 1.54) is 32.4 Å². The van der Waals surface area contributed by atoms with Crippen molar-refractivity contribution in [3.8, 4) is 0 Å². The molecular weight excluding hydrogens is 238 g/mol. The third kappa shape index (κ3) is 4.18. The second-order valence-corrected chi connectivity index (χ2v) is 6.39. The molecule has 0 aliphatic carbocycles. The molecule has 110 valence electrons. The van der Waals surface area contributed by atoms with Crippen LogP contribution in [0.2, 0.25) is 0 Å². The van der Waals surface area contributed by atoms with Crippen molar-refractivity contribution in [1.29, 1.82) is 0 Å². The maximum absolute atomic E-state index is 12.1. The first-order chi connectivity index (χ1) is 9.13. The third-order valence-corrected chi connectivity index (χ3v) is 5.03. The van der Waals surface area contributed by atoms with Crippen LogP contribution in [-0.2, 0) is 4.79 Å². The van der Waals surface area contributed by atoms with Crippen LogP contribution in [0.1, 0.15) is 39.5 Å². The zero-order valence-corrected chi connectivity index (χ0v) is 12.6. The van der Waals surface area contributed by atoms with E-state index in [1.54, 1.807) is 0 Å². The van der Waals surface area contributed by atoms with Gasteiger partial charge in [0.25, 0.3) is 0 Å². The Morgan fingerprint density at radius 3 is 2.37 bits per heavy atom. The largest absolute Gasteiger partial charge is 0.340 e. The lowest BCUT2D eigenvalue weighted by atomic mass is 9.78. The van der Waals surface area contributed by atoms with Crippen LogP contribution in [-0.4, -0.2) is 61.5 Å². The number of rotatable bonds is 4. The number of piperazine rings is 1. The van der Waals surface area contributed by atoms with E-state index in [-0.39, 0.29) is 0 Å². The van der Waals surface area contributed by atoms with Gasteiger partial charge >= 0.3 is 0 Å². The Kier molecular flexibility index (Phi) is 5.22. The van der Waals surface area contributed by atoms with Crippen LogP contribution >= 0.6 is 0 Å². The SMILES string of the molecule is CCC1(C)CCN(CCC(=O)N2CCNCC2)CC1. The van der Waals surface area contributed by atoms with Crippen LogP contribution in [0.3, 0.4) is 0 Å². The van der Waals surface area contributed by atoms with Crippen LogP contribution in [0.25, 0.3) is 0 Å². The monoisotopic (exact) mass is 267 g/mol. The topological polar surface area (TPSA) is 35.6 Å². The van der Waals surface area contributed by atoms with Crippen LogP contribution in [0.4, 0.5) is 0 Å². The Hall–Kier alpha value is -0.610. The minimum absolute atomic E-state index is 0.338. The molecule has 4 heteroatoms. The fourth-order valence-corrected chi connectivity index (χ4v) is 3.00. The van der Waals surface area contributed by atoms with E-state index in [0.717, 1.165) is 32.7 Å². The van der Waals surface area contributed by atoms with E-state index in [4.69, 9.17) is 0 Å². The van der Waals surface area contributed by atoms with Gasteiger partial charge in [-0.05, 0) is 31.3 Å². The van der Waals surface area contributed by atoms with Gasteiger partial charge in [0, 0.05) is 39.1 Å². The van der Waals surface area contributed by atoms with Gasteiger partial charge < -0.3 is 15.1 Å². The average molecular weight is 267 g/mol. The molecule has 0 radical (unpaired) electrons. The smallest absolute Gasteiger partial charge is 0.223 e. The van der Waals surface area contributed by atoms with Gasteiger partial charge in [0.05, 0.1) is 0 Å². The number of nitrogens with zero attached hydrogens (tertiary/aromatic N) is 2. The number of nitrogens with one attached hydrogen (secondary N) is 1. The molecule has 1 N–H and O–H groups in total. The second-order valence-electron chi connectivity index (χ2n) is 6.39. The first-order valence-corrected chi connectivity index (χ1v) is 7.84. The Balaban J connectivity index is 1.67. The van der Waals surface area contributed by atoms with Gasteiger partial charge in [-0.3, -0.25) is 4.79 Å². The molecule has 19 heavy (non-hydrogen) atoms. The molecule has 0 bridgehead atoms. The van der Waals surface area contributed by atoms with Gasteiger partial charge in [0.2, 0.25) is 5.91 Å². The molecule has 0 atom stereocenters. The molecule has 2 aliphatic rings. The number of piperidine rings is 1. The Bertz CT molecular complexity index is 292. The zero-order chi connectivity index (χ0) is 13.7. The van der Waals surface area contributed by atoms with Crippen molar-refractivity contribution >= 4 is 5.91 Å². The highest BCUT2D eigenvalue weighted by atomic mass is 16.2. The Morgan fingerprint density at radius 2 is 1.79 bits per heavy atom. The first kappa shape index (κ1) is 14.8. The normalized spacial score (nSPS) is 24.4. The molecule has 2 rings (SSSR count). The summed E-state index contributed by atoms with van der Waals surface area (Å²) in [5.74, 6) is 0.338. The number of hydrogen-bond acceptors (Lipinski definition) is 3. The van der Waals surface area contributed by atoms with E-state index >= 15 is 0 Å². The fourth-order valence-electron chi connectivity index (χ4n) is 3.00. The highest BCUT2D eigenvalue weighted by Crippen LogP contribution is 2.33. The quantitative estimate of drug-likeness (QED) is 0.834. The van der Waals surface area contributed by atoms with Crippen molar-refractivity contribution in [2.45, 2.75) is 39.5 Å². The molecule has 2 fully saturated rings. The number of hydrogen-bond donors (Lipinski definition) is 1. The van der Waals surface area contributed by atoms with Crippen molar-refractivity contribution in [1.82, 2.24) is 15.1 Å². The summed E-state index contributed by atoms with van der Waals surface area (Å²) in [5.41, 5.74) is 0.541. The van der Waals surface area contributed by atoms with Gasteiger partial charge in [0.1, 0.15) is 0 Å². The van der Waals surface area contributed by atoms with Crippen molar-refractivity contribution in [3.05, 3.63) is 0 Å². The highest BCUT2D eigenvalue weighted by molar-refractivity contribution is 5.76. The Morgan fingerprint density at radius 1 is 1.16 bits per heavy atom. The molecule has 1 amide bonds. The van der Waals surface area contributed by atoms with E-state index < -0.39 is 0 Å². The molecule has 0 unspecified atom stereocenters. The number of carbonyl (C=O) groups excluding carboxylic acids is 1. The molecular formula is C15H29N3O. The molecule has 0 saturated carbocycles. The molecule has 2 aliphatic heterocycles. The van der Waals surface area contributed by atoms with E-state index in [1.807, 2.05) is 4.90 Å². The van der Waals surface area contributed by atoms with E-state index in [0.29, 0.717) is 17.7 Å². The van der Waals surface area contributed by atoms with Crippen LogP contribution < -0.4 is 5.32 Å². The maximum atomic E-state index is 12.1. The van der Waals surface area contributed by atoms with E-state index in [2.05, 4.69) is 24.1 Å². The minimum Gasteiger partial charge on any atom is -0.340 e. The van der Waals surface area contributed by atoms with Gasteiger partial charge in [-0.2, -0.15) is 0 Å². The summed E-state index contributed by atoms with van der Waals surface area (Å²) >= 11 is 0. The number of amides is 1. The third-order valence-electron chi connectivity index (χ3n) is 5.03. The lowest BCUT2D eigenvalue weighted by molar-refractivity contribution is -0.132. The summed E-state index contributed by atoms with van der Waals surface area (Å²) in [7, 11) is 0. The molecule has 0 aromatic carbocycles. The molecule has 4 nitrogen and oxygen atoms in total. The predicted octanol–water partition coefficient (Wildman–Crippen LogP) is 1.32. The highest BCUT2D eigenvalue weighted by Gasteiger charge is 2.28. The average Bonchev–Trinajstić information content (AvgIpc) is 2.47. The van der Waals surface area contributed by atoms with Crippen molar-refractivity contribution in [2.75, 3.05) is 45.8 Å². The van der Waals surface area contributed by atoms with Gasteiger partial charge in [-0.15, -0.1) is 0 Å².